The van der Waals surface area contributed by atoms with Crippen molar-refractivity contribution >= 4 is 69.1 Å². The molecule has 4 fully saturated rings. The van der Waals surface area contributed by atoms with Gasteiger partial charge in [0.05, 0.1) is 27.8 Å². The van der Waals surface area contributed by atoms with Gasteiger partial charge in [0.2, 0.25) is 0 Å². The lowest BCUT2D eigenvalue weighted by Gasteiger charge is -2.32. The lowest BCUT2D eigenvalue weighted by molar-refractivity contribution is 0.0852. The smallest absolute Gasteiger partial charge is 0.156 e. The number of aryl methyl sites for hydroxylation is 2. The highest BCUT2D eigenvalue weighted by molar-refractivity contribution is 5.81. The summed E-state index contributed by atoms with van der Waals surface area (Å²) in [6.45, 7) is 7.47. The van der Waals surface area contributed by atoms with E-state index in [1.54, 1.807) is 0 Å². The number of ether oxygens (including phenoxy) is 2. The average Bonchev–Trinajstić information content (AvgIpc) is 4.14. The lowest BCUT2D eigenvalue weighted by atomic mass is 10.1. The summed E-state index contributed by atoms with van der Waals surface area (Å²) in [6, 6.07) is 21.2. The van der Waals surface area contributed by atoms with E-state index in [0.29, 0.717) is 17.9 Å². The summed E-state index contributed by atoms with van der Waals surface area (Å²) in [6.07, 6.45) is 14.4. The van der Waals surface area contributed by atoms with Crippen LogP contribution in [0.1, 0.15) is 74.4 Å². The van der Waals surface area contributed by atoms with Crippen LogP contribution in [0.2, 0.25) is 0 Å². The monoisotopic (exact) mass is 921 g/mol. The van der Waals surface area contributed by atoms with Crippen LogP contribution < -0.4 is 29.4 Å². The van der Waals surface area contributed by atoms with Crippen LogP contribution in [0.25, 0.3) is 34.2 Å². The van der Waals surface area contributed by atoms with Crippen molar-refractivity contribution in [2.45, 2.75) is 76.3 Å². The van der Waals surface area contributed by atoms with Gasteiger partial charge in [-0.2, -0.15) is 0 Å². The lowest BCUT2D eigenvalue weighted by Crippen LogP contribution is -2.37. The molecule has 0 aliphatic carbocycles. The van der Waals surface area contributed by atoms with Crippen molar-refractivity contribution in [1.82, 2.24) is 39.9 Å². The van der Waals surface area contributed by atoms with Gasteiger partial charge in [-0.3, -0.25) is 0 Å². The third-order valence-corrected chi connectivity index (χ3v) is 13.5. The minimum atomic E-state index is 0.429. The molecule has 4 aliphatic heterocycles. The van der Waals surface area contributed by atoms with E-state index in [4.69, 9.17) is 49.3 Å². The Labute approximate surface area is 401 Å². The third-order valence-electron chi connectivity index (χ3n) is 13.5. The Balaban J connectivity index is 0.000000170. The van der Waals surface area contributed by atoms with Crippen molar-refractivity contribution in [1.29, 1.82) is 0 Å². The summed E-state index contributed by atoms with van der Waals surface area (Å²) >= 11 is 0. The average molecular weight is 921 g/mol. The maximum atomic E-state index is 5.58. The van der Waals surface area contributed by atoms with Gasteiger partial charge in [0.25, 0.3) is 0 Å². The molecule has 0 amide bonds. The molecule has 6 aromatic rings. The highest BCUT2D eigenvalue weighted by atomic mass is 16.5. The standard InChI is InChI=1S/C26H35N7O.C26H33N7O/c2*1-31(2)26-22(27-20-8-4-5-9-21(20)28-26)10-11-23-29-24(32(3)19-12-16-34-17-13-19)18-25(30-23)33-14-6-7-15-33/h4-5,8-9,18-19H,6-7,10-17H2,1-3H3;4-5,8-11,18-19H,6-7,12-17H2,1-3H3/b;11-10+. The topological polar surface area (TPSA) is 141 Å². The molecule has 4 saturated heterocycles. The molecule has 2 aromatic carbocycles. The van der Waals surface area contributed by atoms with Gasteiger partial charge in [-0.05, 0) is 87.8 Å². The van der Waals surface area contributed by atoms with E-state index in [2.05, 4.69) is 45.8 Å². The molecule has 8 heterocycles. The maximum Gasteiger partial charge on any atom is 0.156 e. The zero-order valence-corrected chi connectivity index (χ0v) is 40.9. The van der Waals surface area contributed by atoms with Crippen molar-refractivity contribution in [3.05, 3.63) is 83.7 Å². The fraction of sp³-hybridized carbons (Fsp3) is 0.500. The highest BCUT2D eigenvalue weighted by Crippen LogP contribution is 2.29. The summed E-state index contributed by atoms with van der Waals surface area (Å²) in [5.74, 6) is 7.32. The number of hydrogen-bond acceptors (Lipinski definition) is 16. The highest BCUT2D eigenvalue weighted by Gasteiger charge is 2.25. The third kappa shape index (κ3) is 11.2. The van der Waals surface area contributed by atoms with Gasteiger partial charge in [0, 0.05) is 132 Å². The van der Waals surface area contributed by atoms with E-state index in [9.17, 15) is 0 Å². The van der Waals surface area contributed by atoms with Gasteiger partial charge >= 0.3 is 0 Å². The zero-order valence-electron chi connectivity index (χ0n) is 40.9. The Hall–Kier alpha value is -6.26. The molecule has 0 radical (unpaired) electrons. The first-order valence-corrected chi connectivity index (χ1v) is 24.6. The molecule has 358 valence electrons. The Morgan fingerprint density at radius 1 is 0.515 bits per heavy atom. The van der Waals surface area contributed by atoms with Gasteiger partial charge in [-0.15, -0.1) is 0 Å². The minimum Gasteiger partial charge on any atom is -0.381 e. The van der Waals surface area contributed by atoms with Crippen molar-refractivity contribution in [2.24, 2.45) is 0 Å². The molecule has 0 N–H and O–H groups in total. The predicted molar refractivity (Wildman–Crippen MR) is 276 cm³/mol. The molecule has 0 saturated carbocycles. The number of para-hydroxylation sites is 4. The summed E-state index contributed by atoms with van der Waals surface area (Å²) < 4.78 is 11.1. The minimum absolute atomic E-state index is 0.429. The largest absolute Gasteiger partial charge is 0.381 e. The van der Waals surface area contributed by atoms with Crippen molar-refractivity contribution in [3.63, 3.8) is 0 Å². The van der Waals surface area contributed by atoms with E-state index in [-0.39, 0.29) is 0 Å². The summed E-state index contributed by atoms with van der Waals surface area (Å²) in [4.78, 5) is 52.8. The Kier molecular flexibility index (Phi) is 15.0. The van der Waals surface area contributed by atoms with Crippen molar-refractivity contribution in [2.75, 3.05) is 124 Å². The molecule has 0 spiro atoms. The van der Waals surface area contributed by atoms with E-state index in [1.165, 1.54) is 25.7 Å². The number of aromatic nitrogens is 8. The Morgan fingerprint density at radius 2 is 0.985 bits per heavy atom. The normalized spacial score (nSPS) is 17.0. The van der Waals surface area contributed by atoms with Gasteiger partial charge in [0.15, 0.2) is 17.5 Å². The van der Waals surface area contributed by atoms with Crippen LogP contribution in [0.15, 0.2) is 60.7 Å². The van der Waals surface area contributed by atoms with Gasteiger partial charge in [0.1, 0.15) is 34.8 Å². The molecule has 4 aromatic heterocycles. The van der Waals surface area contributed by atoms with Crippen LogP contribution in [0.4, 0.5) is 34.9 Å². The molecule has 4 aliphatic rings. The van der Waals surface area contributed by atoms with Crippen LogP contribution in [-0.2, 0) is 22.3 Å². The van der Waals surface area contributed by atoms with Gasteiger partial charge in [-0.25, -0.2) is 39.9 Å². The summed E-state index contributed by atoms with van der Waals surface area (Å²) in [5.41, 5.74) is 5.39. The van der Waals surface area contributed by atoms with E-state index >= 15 is 0 Å². The number of nitrogens with zero attached hydrogens (tertiary/aromatic N) is 14. The second-order valence-electron chi connectivity index (χ2n) is 18.8. The summed E-state index contributed by atoms with van der Waals surface area (Å²) in [5, 5.41) is 0. The van der Waals surface area contributed by atoms with Crippen LogP contribution in [0, 0.1) is 0 Å². The molecule has 16 heteroatoms. The zero-order chi connectivity index (χ0) is 47.0. The molecular weight excluding hydrogens is 853 g/mol. The second kappa shape index (κ2) is 21.8. The van der Waals surface area contributed by atoms with Gasteiger partial charge < -0.3 is 38.9 Å². The van der Waals surface area contributed by atoms with Crippen molar-refractivity contribution in [3.8, 4) is 0 Å². The summed E-state index contributed by atoms with van der Waals surface area (Å²) in [7, 11) is 12.3. The fourth-order valence-corrected chi connectivity index (χ4v) is 9.57. The number of benzene rings is 2. The van der Waals surface area contributed by atoms with Crippen LogP contribution in [0.5, 0.6) is 0 Å². The Morgan fingerprint density at radius 3 is 1.51 bits per heavy atom. The van der Waals surface area contributed by atoms with Gasteiger partial charge in [-0.1, -0.05) is 24.3 Å². The first-order chi connectivity index (χ1) is 33.2. The number of rotatable bonds is 13. The molecule has 0 atom stereocenters. The quantitative estimate of drug-likeness (QED) is 0.114. The number of hydrogen-bond donors (Lipinski definition) is 0. The molecular formula is C52H68N14O2. The first kappa shape index (κ1) is 46.8. The Bertz CT molecular complexity index is 2650. The molecule has 0 bridgehead atoms. The van der Waals surface area contributed by atoms with Crippen LogP contribution >= 0.6 is 0 Å². The molecule has 68 heavy (non-hydrogen) atoms. The number of fused-ring (bicyclic) bond motifs is 2. The molecule has 0 unspecified atom stereocenters. The van der Waals surface area contributed by atoms with E-state index in [1.807, 2.05) is 98.7 Å². The fourth-order valence-electron chi connectivity index (χ4n) is 9.57. The molecule has 16 nitrogen and oxygen atoms in total. The number of anilines is 6. The van der Waals surface area contributed by atoms with E-state index in [0.717, 1.165) is 165 Å². The van der Waals surface area contributed by atoms with Crippen LogP contribution in [0.3, 0.4) is 0 Å². The second-order valence-corrected chi connectivity index (χ2v) is 18.8. The van der Waals surface area contributed by atoms with Crippen molar-refractivity contribution < 1.29 is 9.47 Å². The molecule has 10 rings (SSSR count). The van der Waals surface area contributed by atoms with Crippen LogP contribution in [-0.4, -0.2) is 147 Å². The first-order valence-electron chi connectivity index (χ1n) is 24.6. The van der Waals surface area contributed by atoms with E-state index < -0.39 is 0 Å². The maximum absolute atomic E-state index is 5.58. The predicted octanol–water partition coefficient (Wildman–Crippen LogP) is 7.36. The SMILES string of the molecule is CN(C)c1nc2ccccc2nc1/C=C/c1nc(N2CCCC2)cc(N(C)C2CCOCC2)n1.CN(C)c1nc2ccccc2nc1CCc1nc(N2CCCC2)cc(N(C)C2CCOCC2)n1.